The topological polar surface area (TPSA) is 29.3 Å². The van der Waals surface area contributed by atoms with E-state index in [0.717, 1.165) is 30.6 Å². The third-order valence-electron chi connectivity index (χ3n) is 4.72. The van der Waals surface area contributed by atoms with Crippen molar-refractivity contribution in [3.8, 4) is 0 Å². The summed E-state index contributed by atoms with van der Waals surface area (Å²) in [5.41, 5.74) is 8.06. The van der Waals surface area contributed by atoms with Gasteiger partial charge in [0.05, 0.1) is 0 Å². The maximum atomic E-state index is 5.82. The Balaban J connectivity index is 1.77. The Morgan fingerprint density at radius 1 is 1.21 bits per heavy atom. The third kappa shape index (κ3) is 4.24. The van der Waals surface area contributed by atoms with Crippen molar-refractivity contribution < 1.29 is 0 Å². The summed E-state index contributed by atoms with van der Waals surface area (Å²) in [7, 11) is 2.28. The molecular formula is C17H28N2. The summed E-state index contributed by atoms with van der Waals surface area (Å²) in [5, 5.41) is 0. The molecule has 0 saturated heterocycles. The van der Waals surface area contributed by atoms with Crippen LogP contribution in [0.4, 0.5) is 5.69 Å². The standard InChI is InChI=1S/C17H28N2/c1-3-14-7-9-17(10-8-14)19(2)12-11-15-5-4-6-16(18)13-15/h4-6,13-14,17H,3,7-12,18H2,1-2H3. The van der Waals surface area contributed by atoms with Crippen molar-refractivity contribution in [3.05, 3.63) is 29.8 Å². The number of likely N-dealkylation sites (N-methyl/N-ethyl adjacent to an activating group) is 1. The number of rotatable bonds is 5. The number of nitrogens with two attached hydrogens (primary N) is 1. The number of benzene rings is 1. The lowest BCUT2D eigenvalue weighted by atomic mass is 9.84. The van der Waals surface area contributed by atoms with E-state index in [0.29, 0.717) is 0 Å². The van der Waals surface area contributed by atoms with Gasteiger partial charge in [-0.2, -0.15) is 0 Å². The fraction of sp³-hybridized carbons (Fsp3) is 0.647. The summed E-state index contributed by atoms with van der Waals surface area (Å²) in [6.45, 7) is 3.47. The molecule has 2 heteroatoms. The molecule has 0 amide bonds. The third-order valence-corrected chi connectivity index (χ3v) is 4.72. The van der Waals surface area contributed by atoms with Crippen LogP contribution in [0.2, 0.25) is 0 Å². The summed E-state index contributed by atoms with van der Waals surface area (Å²) in [5.74, 6) is 0.985. The Hall–Kier alpha value is -1.02. The SMILES string of the molecule is CCC1CCC(N(C)CCc2cccc(N)c2)CC1. The van der Waals surface area contributed by atoms with Gasteiger partial charge in [-0.3, -0.25) is 0 Å². The van der Waals surface area contributed by atoms with Crippen molar-refractivity contribution in [1.29, 1.82) is 0 Å². The summed E-state index contributed by atoms with van der Waals surface area (Å²) in [4.78, 5) is 2.55. The zero-order chi connectivity index (χ0) is 13.7. The van der Waals surface area contributed by atoms with Crippen LogP contribution in [-0.4, -0.2) is 24.5 Å². The highest BCUT2D eigenvalue weighted by Crippen LogP contribution is 2.28. The van der Waals surface area contributed by atoms with E-state index < -0.39 is 0 Å². The molecule has 1 saturated carbocycles. The zero-order valence-electron chi connectivity index (χ0n) is 12.4. The van der Waals surface area contributed by atoms with Gasteiger partial charge in [0.25, 0.3) is 0 Å². The molecule has 0 unspecified atom stereocenters. The van der Waals surface area contributed by atoms with E-state index in [4.69, 9.17) is 5.73 Å². The van der Waals surface area contributed by atoms with Crippen LogP contribution >= 0.6 is 0 Å². The van der Waals surface area contributed by atoms with Crippen molar-refractivity contribution in [2.75, 3.05) is 19.3 Å². The number of hydrogen-bond donors (Lipinski definition) is 1. The Bertz CT molecular complexity index is 381. The van der Waals surface area contributed by atoms with Crippen LogP contribution in [0.25, 0.3) is 0 Å². The van der Waals surface area contributed by atoms with Crippen LogP contribution in [0.1, 0.15) is 44.6 Å². The first-order valence-corrected chi connectivity index (χ1v) is 7.73. The smallest absolute Gasteiger partial charge is 0.0316 e. The highest BCUT2D eigenvalue weighted by Gasteiger charge is 2.22. The summed E-state index contributed by atoms with van der Waals surface area (Å²) in [6, 6.07) is 9.08. The highest BCUT2D eigenvalue weighted by molar-refractivity contribution is 5.40. The summed E-state index contributed by atoms with van der Waals surface area (Å²) >= 11 is 0. The molecule has 0 heterocycles. The van der Waals surface area contributed by atoms with Crippen molar-refractivity contribution in [2.45, 2.75) is 51.5 Å². The predicted octanol–water partition coefficient (Wildman–Crippen LogP) is 3.71. The molecule has 1 aliphatic rings. The van der Waals surface area contributed by atoms with E-state index in [1.165, 1.54) is 37.7 Å². The number of anilines is 1. The zero-order valence-corrected chi connectivity index (χ0v) is 12.4. The lowest BCUT2D eigenvalue weighted by Gasteiger charge is -2.34. The molecule has 2 nitrogen and oxygen atoms in total. The quantitative estimate of drug-likeness (QED) is 0.818. The highest BCUT2D eigenvalue weighted by atomic mass is 15.1. The molecule has 0 aliphatic heterocycles. The van der Waals surface area contributed by atoms with Gasteiger partial charge in [-0.25, -0.2) is 0 Å². The van der Waals surface area contributed by atoms with Gasteiger partial charge in [0.15, 0.2) is 0 Å². The predicted molar refractivity (Wildman–Crippen MR) is 83.2 cm³/mol. The fourth-order valence-electron chi connectivity index (χ4n) is 3.23. The first-order chi connectivity index (χ1) is 9.19. The van der Waals surface area contributed by atoms with Gasteiger partial charge in [0.1, 0.15) is 0 Å². The maximum Gasteiger partial charge on any atom is 0.0316 e. The molecule has 106 valence electrons. The van der Waals surface area contributed by atoms with Gasteiger partial charge >= 0.3 is 0 Å². The van der Waals surface area contributed by atoms with Crippen LogP contribution in [0.3, 0.4) is 0 Å². The van der Waals surface area contributed by atoms with Gasteiger partial charge in [-0.1, -0.05) is 25.5 Å². The minimum Gasteiger partial charge on any atom is -0.399 e. The molecule has 19 heavy (non-hydrogen) atoms. The van der Waals surface area contributed by atoms with Gasteiger partial charge < -0.3 is 10.6 Å². The molecule has 0 bridgehead atoms. The maximum absolute atomic E-state index is 5.82. The molecule has 0 spiro atoms. The second-order valence-corrected chi connectivity index (χ2v) is 6.06. The minimum atomic E-state index is 0.795. The average molecular weight is 260 g/mol. The molecule has 0 radical (unpaired) electrons. The fourth-order valence-corrected chi connectivity index (χ4v) is 3.23. The van der Waals surface area contributed by atoms with Gasteiger partial charge in [-0.15, -0.1) is 0 Å². The van der Waals surface area contributed by atoms with Crippen molar-refractivity contribution >= 4 is 5.69 Å². The molecule has 1 aliphatic carbocycles. The molecular weight excluding hydrogens is 232 g/mol. The first kappa shape index (κ1) is 14.4. The van der Waals surface area contributed by atoms with Crippen molar-refractivity contribution in [2.24, 2.45) is 5.92 Å². The van der Waals surface area contributed by atoms with Crippen LogP contribution < -0.4 is 5.73 Å². The molecule has 2 rings (SSSR count). The van der Waals surface area contributed by atoms with E-state index in [1.807, 2.05) is 6.07 Å². The first-order valence-electron chi connectivity index (χ1n) is 7.73. The van der Waals surface area contributed by atoms with E-state index in [2.05, 4.69) is 37.1 Å². The van der Waals surface area contributed by atoms with E-state index >= 15 is 0 Å². The Labute approximate surface area is 118 Å². The van der Waals surface area contributed by atoms with E-state index in [9.17, 15) is 0 Å². The molecule has 2 N–H and O–H groups in total. The molecule has 0 atom stereocenters. The lowest BCUT2D eigenvalue weighted by molar-refractivity contribution is 0.165. The van der Waals surface area contributed by atoms with Gasteiger partial charge in [-0.05, 0) is 62.8 Å². The number of nitrogens with zero attached hydrogens (tertiary/aromatic N) is 1. The number of nitrogen functional groups attached to an aromatic ring is 1. The normalized spacial score (nSPS) is 23.7. The largest absolute Gasteiger partial charge is 0.399 e. The van der Waals surface area contributed by atoms with Crippen LogP contribution in [0, 0.1) is 5.92 Å². The molecule has 1 aromatic carbocycles. The average Bonchev–Trinajstić information content (AvgIpc) is 2.45. The van der Waals surface area contributed by atoms with E-state index in [1.54, 1.807) is 0 Å². The Kier molecular flexibility index (Phi) is 5.26. The molecule has 1 aromatic rings. The van der Waals surface area contributed by atoms with Crippen LogP contribution in [-0.2, 0) is 6.42 Å². The second kappa shape index (κ2) is 6.95. The second-order valence-electron chi connectivity index (χ2n) is 6.06. The van der Waals surface area contributed by atoms with Crippen molar-refractivity contribution in [3.63, 3.8) is 0 Å². The van der Waals surface area contributed by atoms with Gasteiger partial charge in [0.2, 0.25) is 0 Å². The number of hydrogen-bond acceptors (Lipinski definition) is 2. The van der Waals surface area contributed by atoms with Crippen LogP contribution in [0.5, 0.6) is 0 Å². The Morgan fingerprint density at radius 3 is 2.58 bits per heavy atom. The summed E-state index contributed by atoms with van der Waals surface area (Å²) in [6.07, 6.45) is 8.07. The van der Waals surface area contributed by atoms with Crippen LogP contribution in [0.15, 0.2) is 24.3 Å². The summed E-state index contributed by atoms with van der Waals surface area (Å²) < 4.78 is 0. The van der Waals surface area contributed by atoms with Crippen molar-refractivity contribution in [1.82, 2.24) is 4.90 Å². The van der Waals surface area contributed by atoms with Gasteiger partial charge in [0, 0.05) is 18.3 Å². The monoisotopic (exact) mass is 260 g/mol. The Morgan fingerprint density at radius 2 is 1.95 bits per heavy atom. The molecule has 0 aromatic heterocycles. The lowest BCUT2D eigenvalue weighted by Crippen LogP contribution is -2.36. The van der Waals surface area contributed by atoms with E-state index in [-0.39, 0.29) is 0 Å². The minimum absolute atomic E-state index is 0.795. The molecule has 1 fully saturated rings.